The van der Waals surface area contributed by atoms with Crippen molar-refractivity contribution in [1.29, 1.82) is 0 Å². The van der Waals surface area contributed by atoms with Gasteiger partial charge >= 0.3 is 0 Å². The van der Waals surface area contributed by atoms with Gasteiger partial charge in [-0.15, -0.1) is 0 Å². The first-order valence-electron chi connectivity index (χ1n) is 6.29. The molecule has 0 saturated heterocycles. The van der Waals surface area contributed by atoms with Crippen molar-refractivity contribution in [2.24, 2.45) is 5.92 Å². The second-order valence-corrected chi connectivity index (χ2v) is 5.25. The van der Waals surface area contributed by atoms with Crippen LogP contribution in [0.25, 0.3) is 0 Å². The lowest BCUT2D eigenvalue weighted by atomic mass is 9.91. The van der Waals surface area contributed by atoms with Gasteiger partial charge in [0.25, 0.3) is 0 Å². The molecule has 0 aliphatic heterocycles. The van der Waals surface area contributed by atoms with Crippen molar-refractivity contribution in [3.63, 3.8) is 0 Å². The number of nitrogens with one attached hydrogen (secondary N) is 1. The smallest absolute Gasteiger partial charge is 0.0468 e. The summed E-state index contributed by atoms with van der Waals surface area (Å²) in [6, 6.07) is 5.94. The molecule has 2 atom stereocenters. The summed E-state index contributed by atoms with van der Waals surface area (Å²) < 4.78 is 0. The largest absolute Gasteiger partial charge is 0.310 e. The van der Waals surface area contributed by atoms with E-state index < -0.39 is 0 Å². The maximum Gasteiger partial charge on any atom is 0.0468 e. The van der Waals surface area contributed by atoms with Crippen LogP contribution in [0.3, 0.4) is 0 Å². The van der Waals surface area contributed by atoms with Gasteiger partial charge in [0.15, 0.2) is 0 Å². The van der Waals surface area contributed by atoms with Crippen molar-refractivity contribution in [1.82, 2.24) is 5.32 Å². The maximum atomic E-state index is 6.28. The van der Waals surface area contributed by atoms with Crippen LogP contribution in [0.4, 0.5) is 0 Å². The number of hydrogen-bond donors (Lipinski definition) is 1. The van der Waals surface area contributed by atoms with Crippen LogP contribution in [0, 0.1) is 5.92 Å². The number of hydrogen-bond acceptors (Lipinski definition) is 1. The predicted molar refractivity (Wildman–Crippen MR) is 77.0 cm³/mol. The average molecular weight is 274 g/mol. The van der Waals surface area contributed by atoms with Gasteiger partial charge < -0.3 is 5.32 Å². The van der Waals surface area contributed by atoms with Crippen LogP contribution in [0.2, 0.25) is 10.0 Å². The maximum absolute atomic E-state index is 6.28. The van der Waals surface area contributed by atoms with Gasteiger partial charge in [-0.1, -0.05) is 56.5 Å². The molecule has 1 aromatic rings. The van der Waals surface area contributed by atoms with Gasteiger partial charge in [0.1, 0.15) is 0 Å². The molecule has 1 aromatic carbocycles. The first kappa shape index (κ1) is 14.8. The van der Waals surface area contributed by atoms with Crippen molar-refractivity contribution in [2.45, 2.75) is 39.7 Å². The molecule has 1 nitrogen and oxygen atoms in total. The van der Waals surface area contributed by atoms with Crippen molar-refractivity contribution in [3.05, 3.63) is 33.8 Å². The molecule has 0 radical (unpaired) electrons. The minimum Gasteiger partial charge on any atom is -0.310 e. The normalized spacial score (nSPS) is 14.6. The fraction of sp³-hybridized carbons (Fsp3) is 0.571. The first-order valence-corrected chi connectivity index (χ1v) is 7.04. The van der Waals surface area contributed by atoms with Gasteiger partial charge in [-0.3, -0.25) is 0 Å². The molecule has 96 valence electrons. The van der Waals surface area contributed by atoms with E-state index in [2.05, 4.69) is 26.1 Å². The van der Waals surface area contributed by atoms with Gasteiger partial charge in [0, 0.05) is 21.7 Å². The number of rotatable bonds is 6. The Morgan fingerprint density at radius 1 is 1.18 bits per heavy atom. The van der Waals surface area contributed by atoms with E-state index in [-0.39, 0.29) is 6.04 Å². The monoisotopic (exact) mass is 273 g/mol. The van der Waals surface area contributed by atoms with E-state index in [0.717, 1.165) is 22.2 Å². The van der Waals surface area contributed by atoms with Gasteiger partial charge in [-0.2, -0.15) is 0 Å². The van der Waals surface area contributed by atoms with E-state index in [9.17, 15) is 0 Å². The van der Waals surface area contributed by atoms with E-state index >= 15 is 0 Å². The highest BCUT2D eigenvalue weighted by molar-refractivity contribution is 6.36. The molecule has 2 unspecified atom stereocenters. The Morgan fingerprint density at radius 2 is 1.76 bits per heavy atom. The zero-order valence-electron chi connectivity index (χ0n) is 10.8. The van der Waals surface area contributed by atoms with Gasteiger partial charge in [-0.05, 0) is 31.0 Å². The molecule has 0 bridgehead atoms. The second kappa shape index (κ2) is 7.25. The lowest BCUT2D eigenvalue weighted by Gasteiger charge is -2.26. The molecule has 17 heavy (non-hydrogen) atoms. The summed E-state index contributed by atoms with van der Waals surface area (Å²) in [6.07, 6.45) is 2.34. The van der Waals surface area contributed by atoms with E-state index in [0.29, 0.717) is 5.92 Å². The number of halogens is 2. The molecule has 0 amide bonds. The minimum absolute atomic E-state index is 0.237. The van der Waals surface area contributed by atoms with Crippen molar-refractivity contribution >= 4 is 23.2 Å². The standard InChI is InChI=1S/C14H21Cl2N/c1-4-7-10(3)14(17-5-2)13-11(15)8-6-9-12(13)16/h6,8-10,14,17H,4-5,7H2,1-3H3. The summed E-state index contributed by atoms with van der Waals surface area (Å²) in [7, 11) is 0. The molecule has 3 heteroatoms. The Morgan fingerprint density at radius 3 is 2.24 bits per heavy atom. The van der Waals surface area contributed by atoms with Gasteiger partial charge in [0.05, 0.1) is 0 Å². The molecule has 0 aliphatic carbocycles. The Kier molecular flexibility index (Phi) is 6.32. The van der Waals surface area contributed by atoms with E-state index in [4.69, 9.17) is 23.2 Å². The summed E-state index contributed by atoms with van der Waals surface area (Å²) in [5.74, 6) is 0.525. The quantitative estimate of drug-likeness (QED) is 0.762. The molecule has 0 saturated carbocycles. The van der Waals surface area contributed by atoms with Gasteiger partial charge in [0.2, 0.25) is 0 Å². The molecular weight excluding hydrogens is 253 g/mol. The van der Waals surface area contributed by atoms with Gasteiger partial charge in [-0.25, -0.2) is 0 Å². The van der Waals surface area contributed by atoms with E-state index in [1.54, 1.807) is 0 Å². The Hall–Kier alpha value is -0.240. The molecule has 0 spiro atoms. The van der Waals surface area contributed by atoms with Crippen LogP contribution in [0.15, 0.2) is 18.2 Å². The van der Waals surface area contributed by atoms with E-state index in [1.807, 2.05) is 18.2 Å². The molecule has 1 rings (SSSR count). The fourth-order valence-electron chi connectivity index (χ4n) is 2.24. The lowest BCUT2D eigenvalue weighted by molar-refractivity contribution is 0.369. The highest BCUT2D eigenvalue weighted by Crippen LogP contribution is 2.35. The average Bonchev–Trinajstić information content (AvgIpc) is 2.28. The topological polar surface area (TPSA) is 12.0 Å². The lowest BCUT2D eigenvalue weighted by Crippen LogP contribution is -2.27. The van der Waals surface area contributed by atoms with Crippen LogP contribution < -0.4 is 5.32 Å². The third-order valence-electron chi connectivity index (χ3n) is 3.05. The second-order valence-electron chi connectivity index (χ2n) is 4.44. The van der Waals surface area contributed by atoms with Crippen LogP contribution in [0.1, 0.15) is 45.2 Å². The highest BCUT2D eigenvalue weighted by atomic mass is 35.5. The highest BCUT2D eigenvalue weighted by Gasteiger charge is 2.22. The van der Waals surface area contributed by atoms with Crippen LogP contribution in [-0.4, -0.2) is 6.54 Å². The van der Waals surface area contributed by atoms with Crippen LogP contribution in [0.5, 0.6) is 0 Å². The van der Waals surface area contributed by atoms with Crippen LogP contribution in [-0.2, 0) is 0 Å². The molecular formula is C14H21Cl2N. The first-order chi connectivity index (χ1) is 8.11. The third-order valence-corrected chi connectivity index (χ3v) is 3.71. The Bertz CT molecular complexity index is 332. The Labute approximate surface area is 115 Å². The number of benzene rings is 1. The zero-order chi connectivity index (χ0) is 12.8. The Balaban J connectivity index is 3.04. The van der Waals surface area contributed by atoms with Crippen molar-refractivity contribution in [3.8, 4) is 0 Å². The predicted octanol–water partition coefficient (Wildman–Crippen LogP) is 5.08. The minimum atomic E-state index is 0.237. The SMILES string of the molecule is CCCC(C)C(NCC)c1c(Cl)cccc1Cl. The third kappa shape index (κ3) is 3.87. The molecule has 0 aromatic heterocycles. The molecule has 0 aliphatic rings. The zero-order valence-corrected chi connectivity index (χ0v) is 12.3. The fourth-order valence-corrected chi connectivity index (χ4v) is 2.87. The summed E-state index contributed by atoms with van der Waals surface area (Å²) in [5, 5.41) is 5.01. The molecule has 1 N–H and O–H groups in total. The summed E-state index contributed by atoms with van der Waals surface area (Å²) in [4.78, 5) is 0. The van der Waals surface area contributed by atoms with Crippen LogP contribution >= 0.6 is 23.2 Å². The van der Waals surface area contributed by atoms with E-state index in [1.165, 1.54) is 12.8 Å². The summed E-state index contributed by atoms with van der Waals surface area (Å²) in [6.45, 7) is 7.47. The van der Waals surface area contributed by atoms with Crippen molar-refractivity contribution in [2.75, 3.05) is 6.54 Å². The summed E-state index contributed by atoms with van der Waals surface area (Å²) in [5.41, 5.74) is 1.04. The molecule has 0 heterocycles. The molecule has 0 fully saturated rings. The van der Waals surface area contributed by atoms with Crippen molar-refractivity contribution < 1.29 is 0 Å². The summed E-state index contributed by atoms with van der Waals surface area (Å²) >= 11 is 12.6.